The Bertz CT molecular complexity index is 1910. The number of carboxylic acid groups (broad SMARTS) is 1. The van der Waals surface area contributed by atoms with Crippen molar-refractivity contribution in [3.8, 4) is 34.1 Å². The van der Waals surface area contributed by atoms with Crippen LogP contribution in [-0.4, -0.2) is 55.8 Å². The lowest BCUT2D eigenvalue weighted by Gasteiger charge is -2.08. The summed E-state index contributed by atoms with van der Waals surface area (Å²) in [4.78, 5) is 50.0. The number of aromatic amines is 1. The fourth-order valence-corrected chi connectivity index (χ4v) is 4.15. The van der Waals surface area contributed by atoms with E-state index in [2.05, 4.69) is 9.97 Å². The van der Waals surface area contributed by atoms with Gasteiger partial charge in [0, 0.05) is 42.0 Å². The van der Waals surface area contributed by atoms with Gasteiger partial charge in [-0.3, -0.25) is 14.4 Å². The first-order valence-corrected chi connectivity index (χ1v) is 13.9. The van der Waals surface area contributed by atoms with Crippen LogP contribution in [0.3, 0.4) is 0 Å². The third-order valence-corrected chi connectivity index (χ3v) is 6.47. The van der Waals surface area contributed by atoms with Gasteiger partial charge in [-0.2, -0.15) is 0 Å². The first-order chi connectivity index (χ1) is 22.0. The summed E-state index contributed by atoms with van der Waals surface area (Å²) in [6.07, 6.45) is 3.28. The number of aliphatic carboxylic acids is 1. The minimum Gasteiger partial charge on any atom is -0.497 e. The van der Waals surface area contributed by atoms with Crippen LogP contribution in [0, 0.1) is 0 Å². The molecule has 12 nitrogen and oxygen atoms in total. The van der Waals surface area contributed by atoms with Gasteiger partial charge in [0.2, 0.25) is 0 Å². The van der Waals surface area contributed by atoms with Crippen molar-refractivity contribution in [2.75, 3.05) is 28.4 Å². The Kier molecular flexibility index (Phi) is 12.7. The maximum Gasteiger partial charge on any atom is 0.344 e. The second kappa shape index (κ2) is 16.7. The normalized spacial score (nSPS) is 10.0. The van der Waals surface area contributed by atoms with E-state index < -0.39 is 11.6 Å². The number of halogens is 2. The Morgan fingerprint density at radius 1 is 0.870 bits per heavy atom. The number of methoxy groups -OCH3 is 4. The van der Waals surface area contributed by atoms with Crippen molar-refractivity contribution in [3.05, 3.63) is 109 Å². The molecule has 14 heteroatoms. The summed E-state index contributed by atoms with van der Waals surface area (Å²) in [6, 6.07) is 14.6. The number of nitrogens with one attached hydrogen (secondary N) is 1. The number of hydrogen-bond donors (Lipinski definition) is 2. The fraction of sp³-hybridized carbons (Fsp3) is 0.156. The van der Waals surface area contributed by atoms with Crippen LogP contribution >= 0.6 is 23.2 Å². The molecular weight excluding hydrogens is 643 g/mol. The largest absolute Gasteiger partial charge is 0.497 e. The number of aldehydes is 1. The molecule has 46 heavy (non-hydrogen) atoms. The molecule has 3 heterocycles. The number of aromatic nitrogens is 2. The highest BCUT2D eigenvalue weighted by Crippen LogP contribution is 2.30. The first-order valence-electron chi connectivity index (χ1n) is 13.1. The molecule has 0 aliphatic rings. The van der Waals surface area contributed by atoms with Crippen LogP contribution in [-0.2, 0) is 11.2 Å². The molecule has 2 N–H and O–H groups in total. The van der Waals surface area contributed by atoms with E-state index >= 15 is 0 Å². The van der Waals surface area contributed by atoms with Gasteiger partial charge < -0.3 is 33.5 Å². The average Bonchev–Trinajstić information content (AvgIpc) is 3.04. The molecule has 0 atom stereocenters. The number of nitrogens with zero attached hydrogens (tertiary/aromatic N) is 1. The maximum atomic E-state index is 12.2. The van der Waals surface area contributed by atoms with Crippen LogP contribution in [0.15, 0.2) is 81.0 Å². The predicted molar refractivity (Wildman–Crippen MR) is 172 cm³/mol. The quantitative estimate of drug-likeness (QED) is 0.153. The molecule has 240 valence electrons. The van der Waals surface area contributed by atoms with Gasteiger partial charge in [-0.25, -0.2) is 9.78 Å². The fourth-order valence-electron chi connectivity index (χ4n) is 3.85. The number of carboxylic acids is 1. The first kappa shape index (κ1) is 35.2. The number of carbonyl (C=O) groups excluding carboxylic acids is 1. The Hall–Kier alpha value is -5.33. The Morgan fingerprint density at radius 2 is 1.43 bits per heavy atom. The van der Waals surface area contributed by atoms with E-state index in [1.54, 1.807) is 62.9 Å². The second-order valence-electron chi connectivity index (χ2n) is 9.10. The summed E-state index contributed by atoms with van der Waals surface area (Å²) in [5, 5.41) is 9.80. The van der Waals surface area contributed by atoms with E-state index in [0.29, 0.717) is 56.9 Å². The number of H-pyrrole nitrogens is 1. The highest BCUT2D eigenvalue weighted by Gasteiger charge is 2.12. The van der Waals surface area contributed by atoms with Crippen molar-refractivity contribution >= 4 is 46.4 Å². The zero-order valence-corrected chi connectivity index (χ0v) is 26.5. The molecule has 0 aliphatic heterocycles. The van der Waals surface area contributed by atoms with Crippen LogP contribution in [0.2, 0.25) is 10.3 Å². The minimum atomic E-state index is -0.875. The smallest absolute Gasteiger partial charge is 0.344 e. The van der Waals surface area contributed by atoms with Gasteiger partial charge in [0.05, 0.1) is 46.0 Å². The third-order valence-electron chi connectivity index (χ3n) is 6.05. The lowest BCUT2D eigenvalue weighted by atomic mass is 10.1. The highest BCUT2D eigenvalue weighted by molar-refractivity contribution is 6.30. The van der Waals surface area contributed by atoms with Gasteiger partial charge in [-0.15, -0.1) is 0 Å². The number of rotatable bonds is 8. The molecule has 0 radical (unpaired) electrons. The molecule has 0 saturated carbocycles. The maximum absolute atomic E-state index is 12.2. The van der Waals surface area contributed by atoms with Crippen molar-refractivity contribution in [2.24, 2.45) is 0 Å². The van der Waals surface area contributed by atoms with Gasteiger partial charge in [-0.1, -0.05) is 23.2 Å². The summed E-state index contributed by atoms with van der Waals surface area (Å²) in [7, 11) is 6.15. The summed E-state index contributed by atoms with van der Waals surface area (Å²) in [5.74, 6) is 1.49. The van der Waals surface area contributed by atoms with Crippen molar-refractivity contribution in [2.45, 2.75) is 6.42 Å². The lowest BCUT2D eigenvalue weighted by Crippen LogP contribution is -2.06. The van der Waals surface area contributed by atoms with Crippen molar-refractivity contribution < 1.29 is 38.1 Å². The average molecular weight is 671 g/mol. The SMILES string of the molecule is COc1cc(CC(=O)O)cc(OC)c1.COc1cc(OC)cc(-c2cc3cnc(Cl)cc3oc2=O)c1.O=Cc1c[nH]c(Cl)cc1=O. The topological polar surface area (TPSA) is 167 Å². The monoisotopic (exact) mass is 670 g/mol. The number of hydrogen-bond acceptors (Lipinski definition) is 10. The molecule has 0 unspecified atom stereocenters. The van der Waals surface area contributed by atoms with Crippen LogP contribution in [0.1, 0.15) is 15.9 Å². The number of benzene rings is 2. The zero-order chi connectivity index (χ0) is 33.8. The molecular formula is C32H28Cl2N2O10. The van der Waals surface area contributed by atoms with E-state index in [1.165, 1.54) is 26.5 Å². The predicted octanol–water partition coefficient (Wildman–Crippen LogP) is 5.70. The van der Waals surface area contributed by atoms with Crippen LogP contribution in [0.4, 0.5) is 0 Å². The van der Waals surface area contributed by atoms with Gasteiger partial charge >= 0.3 is 11.6 Å². The van der Waals surface area contributed by atoms with Crippen molar-refractivity contribution in [1.29, 1.82) is 0 Å². The van der Waals surface area contributed by atoms with Gasteiger partial charge in [0.1, 0.15) is 38.9 Å². The third kappa shape index (κ3) is 9.84. The van der Waals surface area contributed by atoms with E-state index in [-0.39, 0.29) is 27.7 Å². The van der Waals surface area contributed by atoms with Gasteiger partial charge in [0.25, 0.3) is 0 Å². The number of pyridine rings is 2. The van der Waals surface area contributed by atoms with Gasteiger partial charge in [-0.05, 0) is 41.5 Å². The van der Waals surface area contributed by atoms with Gasteiger partial charge in [0.15, 0.2) is 11.7 Å². The highest BCUT2D eigenvalue weighted by atomic mass is 35.5. The summed E-state index contributed by atoms with van der Waals surface area (Å²) >= 11 is 11.2. The summed E-state index contributed by atoms with van der Waals surface area (Å²) < 4.78 is 25.8. The molecule has 3 aromatic heterocycles. The zero-order valence-electron chi connectivity index (χ0n) is 25.0. The number of ether oxygens (including phenoxy) is 4. The van der Waals surface area contributed by atoms with Crippen LogP contribution < -0.4 is 30.0 Å². The van der Waals surface area contributed by atoms with Crippen LogP contribution in [0.25, 0.3) is 22.1 Å². The van der Waals surface area contributed by atoms with E-state index in [9.17, 15) is 19.2 Å². The standard InChI is InChI=1S/C16H12ClNO4.C10H12O4.C6H4ClNO2/c1-20-11-3-9(4-12(6-11)21-2)13-5-10-8-18-15(17)7-14(10)22-16(13)19;1-13-8-3-7(5-10(11)12)4-9(6-8)14-2;7-6-1-5(10)4(3-9)2-8-6/h3-8H,1-2H3;3-4,6H,5H2,1-2H3,(H,11,12);1-3H,(H,8,10). The summed E-state index contributed by atoms with van der Waals surface area (Å²) in [5.41, 5.74) is 1.35. The van der Waals surface area contributed by atoms with E-state index in [4.69, 9.17) is 51.7 Å². The van der Waals surface area contributed by atoms with Crippen LogP contribution in [0.5, 0.6) is 23.0 Å². The molecule has 0 amide bonds. The van der Waals surface area contributed by atoms with E-state index in [0.717, 1.165) is 6.07 Å². The van der Waals surface area contributed by atoms with Crippen molar-refractivity contribution in [3.63, 3.8) is 0 Å². The molecule has 0 aliphatic carbocycles. The molecule has 0 saturated heterocycles. The van der Waals surface area contributed by atoms with Crippen molar-refractivity contribution in [1.82, 2.24) is 9.97 Å². The second-order valence-corrected chi connectivity index (χ2v) is 9.90. The Labute approximate surface area is 272 Å². The molecule has 2 aromatic carbocycles. The molecule has 0 spiro atoms. The van der Waals surface area contributed by atoms with E-state index in [1.807, 2.05) is 0 Å². The molecule has 0 bridgehead atoms. The molecule has 0 fully saturated rings. The minimum absolute atomic E-state index is 0.0342. The molecule has 5 aromatic rings. The lowest BCUT2D eigenvalue weighted by molar-refractivity contribution is -0.136. The Balaban J connectivity index is 0.000000206. The summed E-state index contributed by atoms with van der Waals surface area (Å²) in [6.45, 7) is 0. The number of fused-ring (bicyclic) bond motifs is 1. The molecule has 5 rings (SSSR count). The number of carbonyl (C=O) groups is 2. The Morgan fingerprint density at radius 3 is 1.93 bits per heavy atom.